The predicted molar refractivity (Wildman–Crippen MR) is 94.1 cm³/mol. The molecule has 9 heteroatoms. The first-order valence-corrected chi connectivity index (χ1v) is 8.47. The number of aromatic amines is 1. The van der Waals surface area contributed by atoms with Gasteiger partial charge in [-0.05, 0) is 12.1 Å². The Morgan fingerprint density at radius 1 is 1.48 bits per heavy atom. The number of benzene rings is 1. The highest BCUT2D eigenvalue weighted by Gasteiger charge is 2.31. The molecule has 1 aromatic heterocycles. The van der Waals surface area contributed by atoms with Crippen molar-refractivity contribution < 1.29 is 23.5 Å². The fourth-order valence-corrected chi connectivity index (χ4v) is 3.01. The van der Waals surface area contributed by atoms with E-state index in [1.54, 1.807) is 18.0 Å². The van der Waals surface area contributed by atoms with Crippen molar-refractivity contribution in [1.29, 1.82) is 0 Å². The Bertz CT molecular complexity index is 812. The number of aromatic nitrogens is 2. The van der Waals surface area contributed by atoms with E-state index in [-0.39, 0.29) is 30.7 Å². The molecule has 0 saturated carbocycles. The second kappa shape index (κ2) is 8.17. The maximum absolute atomic E-state index is 14.3. The molecular weight excluding hydrogens is 355 g/mol. The molecule has 0 bridgehead atoms. The highest BCUT2D eigenvalue weighted by atomic mass is 19.1. The first-order chi connectivity index (χ1) is 13.0. The number of amides is 2. The van der Waals surface area contributed by atoms with Gasteiger partial charge in [-0.1, -0.05) is 0 Å². The maximum Gasteiger partial charge on any atom is 0.257 e. The van der Waals surface area contributed by atoms with Gasteiger partial charge in [-0.25, -0.2) is 4.39 Å². The Balaban J connectivity index is 1.75. The van der Waals surface area contributed by atoms with Gasteiger partial charge in [-0.2, -0.15) is 5.10 Å². The van der Waals surface area contributed by atoms with E-state index in [0.29, 0.717) is 24.5 Å². The SMILES string of the molecule is COc1ccc(C(=O)N2CCOCC2CN(C)C(=O)c2cn[nH]c2)c(F)c1. The molecule has 1 saturated heterocycles. The minimum atomic E-state index is -0.646. The third-order valence-corrected chi connectivity index (χ3v) is 4.47. The third-order valence-electron chi connectivity index (χ3n) is 4.47. The summed E-state index contributed by atoms with van der Waals surface area (Å²) in [7, 11) is 3.07. The Hall–Kier alpha value is -2.94. The normalized spacial score (nSPS) is 16.9. The fourth-order valence-electron chi connectivity index (χ4n) is 3.01. The molecule has 1 aliphatic heterocycles. The minimum absolute atomic E-state index is 0.0356. The summed E-state index contributed by atoms with van der Waals surface area (Å²) in [5.41, 5.74) is 0.389. The summed E-state index contributed by atoms with van der Waals surface area (Å²) >= 11 is 0. The number of carbonyl (C=O) groups excluding carboxylic acids is 2. The molecule has 1 aromatic carbocycles. The molecule has 27 heavy (non-hydrogen) atoms. The average Bonchev–Trinajstić information content (AvgIpc) is 3.22. The summed E-state index contributed by atoms with van der Waals surface area (Å²) in [6.07, 6.45) is 2.94. The van der Waals surface area contributed by atoms with E-state index in [4.69, 9.17) is 9.47 Å². The van der Waals surface area contributed by atoms with Crippen LogP contribution >= 0.6 is 0 Å². The molecule has 8 nitrogen and oxygen atoms in total. The van der Waals surface area contributed by atoms with Crippen LogP contribution in [0.5, 0.6) is 5.75 Å². The number of morpholine rings is 1. The summed E-state index contributed by atoms with van der Waals surface area (Å²) < 4.78 is 24.8. The van der Waals surface area contributed by atoms with Crippen LogP contribution < -0.4 is 4.74 Å². The van der Waals surface area contributed by atoms with Crippen LogP contribution in [0.25, 0.3) is 0 Å². The van der Waals surface area contributed by atoms with Crippen molar-refractivity contribution >= 4 is 11.8 Å². The van der Waals surface area contributed by atoms with E-state index in [1.165, 1.54) is 36.5 Å². The Kier molecular flexibility index (Phi) is 5.70. The van der Waals surface area contributed by atoms with E-state index in [1.807, 2.05) is 0 Å². The molecule has 1 N–H and O–H groups in total. The Morgan fingerprint density at radius 2 is 2.30 bits per heavy atom. The number of carbonyl (C=O) groups is 2. The summed E-state index contributed by atoms with van der Waals surface area (Å²) in [5, 5.41) is 6.36. The molecule has 0 aliphatic carbocycles. The van der Waals surface area contributed by atoms with Crippen molar-refractivity contribution in [3.05, 3.63) is 47.5 Å². The lowest BCUT2D eigenvalue weighted by molar-refractivity contribution is -0.00935. The van der Waals surface area contributed by atoms with Gasteiger partial charge < -0.3 is 19.3 Å². The predicted octanol–water partition coefficient (Wildman–Crippen LogP) is 1.17. The lowest BCUT2D eigenvalue weighted by Gasteiger charge is -2.37. The van der Waals surface area contributed by atoms with Crippen molar-refractivity contribution in [1.82, 2.24) is 20.0 Å². The number of nitrogens with one attached hydrogen (secondary N) is 1. The van der Waals surface area contributed by atoms with Gasteiger partial charge in [0.25, 0.3) is 11.8 Å². The van der Waals surface area contributed by atoms with Crippen molar-refractivity contribution in [2.75, 3.05) is 40.5 Å². The maximum atomic E-state index is 14.3. The zero-order valence-corrected chi connectivity index (χ0v) is 15.1. The van der Waals surface area contributed by atoms with Crippen molar-refractivity contribution in [2.45, 2.75) is 6.04 Å². The molecule has 1 aliphatic rings. The molecule has 1 unspecified atom stereocenters. The van der Waals surface area contributed by atoms with Gasteiger partial charge in [0.15, 0.2) is 0 Å². The van der Waals surface area contributed by atoms with E-state index in [9.17, 15) is 14.0 Å². The van der Waals surface area contributed by atoms with Crippen LogP contribution in [0.3, 0.4) is 0 Å². The number of hydrogen-bond donors (Lipinski definition) is 1. The molecule has 2 amide bonds. The van der Waals surface area contributed by atoms with Crippen LogP contribution in [0.15, 0.2) is 30.6 Å². The summed E-state index contributed by atoms with van der Waals surface area (Å²) in [6.45, 7) is 1.21. The van der Waals surface area contributed by atoms with E-state index < -0.39 is 11.7 Å². The fraction of sp³-hybridized carbons (Fsp3) is 0.389. The zero-order valence-electron chi connectivity index (χ0n) is 15.1. The van der Waals surface area contributed by atoms with Gasteiger partial charge in [0, 0.05) is 32.4 Å². The molecule has 0 radical (unpaired) electrons. The number of methoxy groups -OCH3 is 1. The zero-order chi connectivity index (χ0) is 19.4. The lowest BCUT2D eigenvalue weighted by Crippen LogP contribution is -2.54. The summed E-state index contributed by atoms with van der Waals surface area (Å²) in [6, 6.07) is 3.74. The van der Waals surface area contributed by atoms with Crippen molar-refractivity contribution in [2.24, 2.45) is 0 Å². The van der Waals surface area contributed by atoms with Gasteiger partial charge in [0.1, 0.15) is 11.6 Å². The minimum Gasteiger partial charge on any atom is -0.497 e. The molecule has 144 valence electrons. The highest BCUT2D eigenvalue weighted by molar-refractivity contribution is 5.95. The highest BCUT2D eigenvalue weighted by Crippen LogP contribution is 2.20. The van der Waals surface area contributed by atoms with Crippen LogP contribution in [0.2, 0.25) is 0 Å². The first-order valence-electron chi connectivity index (χ1n) is 8.47. The third kappa shape index (κ3) is 4.08. The molecule has 1 atom stereocenters. The van der Waals surface area contributed by atoms with Crippen molar-refractivity contribution in [3.8, 4) is 5.75 Å². The Labute approximate surface area is 155 Å². The van der Waals surface area contributed by atoms with E-state index in [2.05, 4.69) is 10.2 Å². The number of H-pyrrole nitrogens is 1. The monoisotopic (exact) mass is 376 g/mol. The first kappa shape index (κ1) is 18.8. The number of hydrogen-bond acceptors (Lipinski definition) is 5. The second-order valence-electron chi connectivity index (χ2n) is 6.25. The molecular formula is C18H21FN4O4. The average molecular weight is 376 g/mol. The van der Waals surface area contributed by atoms with Gasteiger partial charge in [-0.15, -0.1) is 0 Å². The quantitative estimate of drug-likeness (QED) is 0.846. The number of likely N-dealkylation sites (N-methyl/N-ethyl adjacent to an activating group) is 1. The van der Waals surface area contributed by atoms with E-state index >= 15 is 0 Å². The largest absolute Gasteiger partial charge is 0.497 e. The number of nitrogens with zero attached hydrogens (tertiary/aromatic N) is 3. The molecule has 3 rings (SSSR count). The van der Waals surface area contributed by atoms with Crippen LogP contribution in [0.4, 0.5) is 4.39 Å². The number of ether oxygens (including phenoxy) is 2. The van der Waals surface area contributed by atoms with Gasteiger partial charge >= 0.3 is 0 Å². The van der Waals surface area contributed by atoms with Gasteiger partial charge in [0.05, 0.1) is 43.7 Å². The number of halogens is 1. The summed E-state index contributed by atoms with van der Waals surface area (Å²) in [5.74, 6) is -0.967. The lowest BCUT2D eigenvalue weighted by atomic mass is 10.1. The van der Waals surface area contributed by atoms with Crippen LogP contribution in [0.1, 0.15) is 20.7 Å². The van der Waals surface area contributed by atoms with Gasteiger partial charge in [-0.3, -0.25) is 14.7 Å². The van der Waals surface area contributed by atoms with Crippen LogP contribution in [-0.4, -0.2) is 78.3 Å². The summed E-state index contributed by atoms with van der Waals surface area (Å²) in [4.78, 5) is 28.3. The van der Waals surface area contributed by atoms with Crippen LogP contribution in [-0.2, 0) is 4.74 Å². The molecule has 1 fully saturated rings. The standard InChI is InChI=1S/C18H21FN4O4/c1-22(17(24)12-8-20-21-9-12)10-13-11-27-6-5-23(13)18(25)15-4-3-14(26-2)7-16(15)19/h3-4,7-9,13H,5-6,10-11H2,1-2H3,(H,20,21). The molecule has 2 aromatic rings. The Morgan fingerprint density at radius 3 is 2.96 bits per heavy atom. The molecule has 0 spiro atoms. The smallest absolute Gasteiger partial charge is 0.257 e. The van der Waals surface area contributed by atoms with Crippen LogP contribution in [0, 0.1) is 5.82 Å². The number of rotatable bonds is 5. The topological polar surface area (TPSA) is 87.8 Å². The van der Waals surface area contributed by atoms with Gasteiger partial charge in [0.2, 0.25) is 0 Å². The molecule has 2 heterocycles. The van der Waals surface area contributed by atoms with E-state index in [0.717, 1.165) is 0 Å². The second-order valence-corrected chi connectivity index (χ2v) is 6.25. The van der Waals surface area contributed by atoms with Crippen molar-refractivity contribution in [3.63, 3.8) is 0 Å².